The van der Waals surface area contributed by atoms with Gasteiger partial charge in [0.15, 0.2) is 11.0 Å². The zero-order chi connectivity index (χ0) is 19.2. The number of benzene rings is 2. The number of hydrogen-bond donors (Lipinski definition) is 1. The van der Waals surface area contributed by atoms with E-state index < -0.39 is 0 Å². The summed E-state index contributed by atoms with van der Waals surface area (Å²) in [7, 11) is 1.86. The third-order valence-corrected chi connectivity index (χ3v) is 5.06. The summed E-state index contributed by atoms with van der Waals surface area (Å²) in [6.45, 7) is 2.02. The first-order chi connectivity index (χ1) is 13.0. The zero-order valence-corrected chi connectivity index (χ0v) is 16.0. The van der Waals surface area contributed by atoms with Gasteiger partial charge < -0.3 is 4.57 Å². The molecular weight excluding hydrogens is 360 g/mol. The molecule has 0 spiro atoms. The lowest BCUT2D eigenvalue weighted by Crippen LogP contribution is -2.33. The summed E-state index contributed by atoms with van der Waals surface area (Å²) >= 11 is 1.25. The third kappa shape index (κ3) is 4.83. The van der Waals surface area contributed by atoms with Crippen LogP contribution in [0.4, 0.5) is 0 Å². The van der Waals surface area contributed by atoms with Crippen molar-refractivity contribution < 1.29 is 9.59 Å². The second-order valence-corrected chi connectivity index (χ2v) is 7.05. The molecule has 1 heterocycles. The van der Waals surface area contributed by atoms with Crippen LogP contribution in [-0.4, -0.2) is 32.3 Å². The number of rotatable bonds is 6. The minimum absolute atomic E-state index is 0.0975. The number of aryl methyl sites for hydroxylation is 1. The van der Waals surface area contributed by atoms with Gasteiger partial charge >= 0.3 is 0 Å². The largest absolute Gasteiger partial charge is 0.305 e. The Morgan fingerprint density at radius 2 is 1.70 bits per heavy atom. The van der Waals surface area contributed by atoms with Crippen LogP contribution in [0.5, 0.6) is 0 Å². The topological polar surface area (TPSA) is 76.9 Å². The molecule has 0 saturated heterocycles. The number of imide groups is 1. The van der Waals surface area contributed by atoms with Gasteiger partial charge in [-0.2, -0.15) is 0 Å². The van der Waals surface area contributed by atoms with Crippen LogP contribution in [0.2, 0.25) is 0 Å². The summed E-state index contributed by atoms with van der Waals surface area (Å²) in [4.78, 5) is 24.0. The minimum Gasteiger partial charge on any atom is -0.305 e. The third-order valence-electron chi connectivity index (χ3n) is 4.04. The van der Waals surface area contributed by atoms with Gasteiger partial charge in [0, 0.05) is 12.6 Å². The molecule has 0 aliphatic heterocycles. The molecule has 2 amide bonds. The fraction of sp³-hybridized carbons (Fsp3) is 0.200. The van der Waals surface area contributed by atoms with E-state index in [2.05, 4.69) is 15.5 Å². The molecule has 2 aromatic carbocycles. The fourth-order valence-electron chi connectivity index (χ4n) is 2.65. The number of amides is 2. The van der Waals surface area contributed by atoms with Crippen LogP contribution in [0.3, 0.4) is 0 Å². The first-order valence-corrected chi connectivity index (χ1v) is 9.48. The second kappa shape index (κ2) is 8.64. The van der Waals surface area contributed by atoms with Crippen molar-refractivity contribution in [1.29, 1.82) is 0 Å². The predicted octanol–water partition coefficient (Wildman–Crippen LogP) is 2.77. The van der Waals surface area contributed by atoms with Crippen molar-refractivity contribution in [2.75, 3.05) is 5.75 Å². The van der Waals surface area contributed by atoms with E-state index in [1.54, 1.807) is 0 Å². The molecule has 0 saturated carbocycles. The van der Waals surface area contributed by atoms with Crippen molar-refractivity contribution in [1.82, 2.24) is 20.1 Å². The van der Waals surface area contributed by atoms with Crippen molar-refractivity contribution in [3.8, 4) is 11.4 Å². The van der Waals surface area contributed by atoms with Crippen molar-refractivity contribution in [3.63, 3.8) is 0 Å². The standard InChI is InChI=1S/C20H20N4O2S/c1-14-8-6-7-11-16(14)19-22-23-20(24(19)2)27-13-18(26)21-17(25)12-15-9-4-3-5-10-15/h3-11H,12-13H2,1-2H3,(H,21,25,26). The van der Waals surface area contributed by atoms with Gasteiger partial charge in [0.2, 0.25) is 11.8 Å². The highest BCUT2D eigenvalue weighted by molar-refractivity contribution is 7.99. The van der Waals surface area contributed by atoms with Gasteiger partial charge in [-0.15, -0.1) is 10.2 Å². The Labute approximate surface area is 162 Å². The molecular formula is C20H20N4O2S. The number of aromatic nitrogens is 3. The monoisotopic (exact) mass is 380 g/mol. The summed E-state index contributed by atoms with van der Waals surface area (Å²) in [5.41, 5.74) is 2.97. The first-order valence-electron chi connectivity index (χ1n) is 8.49. The summed E-state index contributed by atoms with van der Waals surface area (Å²) in [5.74, 6) is 0.184. The highest BCUT2D eigenvalue weighted by Gasteiger charge is 2.15. The Morgan fingerprint density at radius 3 is 2.44 bits per heavy atom. The second-order valence-electron chi connectivity index (χ2n) is 6.10. The number of nitrogens with zero attached hydrogens (tertiary/aromatic N) is 3. The van der Waals surface area contributed by atoms with Crippen molar-refractivity contribution in [3.05, 3.63) is 65.7 Å². The van der Waals surface area contributed by atoms with E-state index in [4.69, 9.17) is 0 Å². The van der Waals surface area contributed by atoms with E-state index in [1.165, 1.54) is 11.8 Å². The Morgan fingerprint density at radius 1 is 1.00 bits per heavy atom. The number of carbonyl (C=O) groups is 2. The highest BCUT2D eigenvalue weighted by atomic mass is 32.2. The van der Waals surface area contributed by atoms with Gasteiger partial charge in [-0.3, -0.25) is 14.9 Å². The smallest absolute Gasteiger partial charge is 0.237 e. The molecule has 0 atom stereocenters. The van der Waals surface area contributed by atoms with E-state index in [-0.39, 0.29) is 24.0 Å². The van der Waals surface area contributed by atoms with E-state index in [9.17, 15) is 9.59 Å². The van der Waals surface area contributed by atoms with E-state index in [0.29, 0.717) is 5.16 Å². The van der Waals surface area contributed by atoms with Crippen LogP contribution in [0.25, 0.3) is 11.4 Å². The summed E-state index contributed by atoms with van der Waals surface area (Å²) in [5, 5.41) is 11.4. The number of nitrogens with one attached hydrogen (secondary N) is 1. The Hall–Kier alpha value is -2.93. The lowest BCUT2D eigenvalue weighted by atomic mass is 10.1. The van der Waals surface area contributed by atoms with Crippen LogP contribution >= 0.6 is 11.8 Å². The zero-order valence-electron chi connectivity index (χ0n) is 15.2. The molecule has 6 nitrogen and oxygen atoms in total. The molecule has 0 aliphatic carbocycles. The van der Waals surface area contributed by atoms with Crippen molar-refractivity contribution >= 4 is 23.6 Å². The van der Waals surface area contributed by atoms with Gasteiger partial charge in [-0.1, -0.05) is 66.4 Å². The lowest BCUT2D eigenvalue weighted by molar-refractivity contribution is -0.128. The molecule has 27 heavy (non-hydrogen) atoms. The molecule has 1 aromatic heterocycles. The van der Waals surface area contributed by atoms with Gasteiger partial charge in [0.25, 0.3) is 0 Å². The summed E-state index contributed by atoms with van der Waals surface area (Å²) < 4.78 is 1.85. The quantitative estimate of drug-likeness (QED) is 0.666. The van der Waals surface area contributed by atoms with Gasteiger partial charge in [-0.05, 0) is 18.1 Å². The molecule has 138 valence electrons. The van der Waals surface area contributed by atoms with E-state index in [1.807, 2.05) is 73.1 Å². The SMILES string of the molecule is Cc1ccccc1-c1nnc(SCC(=O)NC(=O)Cc2ccccc2)n1C. The highest BCUT2D eigenvalue weighted by Crippen LogP contribution is 2.24. The lowest BCUT2D eigenvalue weighted by Gasteiger charge is -2.06. The molecule has 0 unspecified atom stereocenters. The molecule has 1 N–H and O–H groups in total. The van der Waals surface area contributed by atoms with Crippen LogP contribution in [-0.2, 0) is 23.1 Å². The maximum Gasteiger partial charge on any atom is 0.237 e. The molecule has 7 heteroatoms. The van der Waals surface area contributed by atoms with Crippen LogP contribution in [0.1, 0.15) is 11.1 Å². The van der Waals surface area contributed by atoms with Gasteiger partial charge in [0.1, 0.15) is 0 Å². The average Bonchev–Trinajstić information content (AvgIpc) is 3.01. The van der Waals surface area contributed by atoms with Crippen LogP contribution < -0.4 is 5.32 Å². The molecule has 0 fully saturated rings. The maximum absolute atomic E-state index is 12.0. The van der Waals surface area contributed by atoms with Crippen molar-refractivity contribution in [2.24, 2.45) is 7.05 Å². The molecule has 3 aromatic rings. The number of thioether (sulfide) groups is 1. The molecule has 0 aliphatic rings. The maximum atomic E-state index is 12.0. The molecule has 0 radical (unpaired) electrons. The first kappa shape index (κ1) is 18.8. The minimum atomic E-state index is -0.346. The van der Waals surface area contributed by atoms with Crippen molar-refractivity contribution in [2.45, 2.75) is 18.5 Å². The van der Waals surface area contributed by atoms with Crippen LogP contribution in [0.15, 0.2) is 59.8 Å². The van der Waals surface area contributed by atoms with Gasteiger partial charge in [-0.25, -0.2) is 0 Å². The van der Waals surface area contributed by atoms with Gasteiger partial charge in [0.05, 0.1) is 12.2 Å². The average molecular weight is 380 g/mol. The van der Waals surface area contributed by atoms with E-state index in [0.717, 1.165) is 22.5 Å². The van der Waals surface area contributed by atoms with E-state index >= 15 is 0 Å². The summed E-state index contributed by atoms with van der Waals surface area (Å²) in [6, 6.07) is 17.2. The Balaban J connectivity index is 1.56. The predicted molar refractivity (Wildman–Crippen MR) is 105 cm³/mol. The Kier molecular flexibility index (Phi) is 6.03. The molecule has 0 bridgehead atoms. The summed E-state index contributed by atoms with van der Waals surface area (Å²) in [6.07, 6.45) is 0.179. The number of carbonyl (C=O) groups excluding carboxylic acids is 2. The normalized spacial score (nSPS) is 10.6. The van der Waals surface area contributed by atoms with Crippen LogP contribution in [0, 0.1) is 6.92 Å². The fourth-order valence-corrected chi connectivity index (χ4v) is 3.36. The number of hydrogen-bond acceptors (Lipinski definition) is 5. The Bertz CT molecular complexity index is 954. The molecule has 3 rings (SSSR count).